The molecular weight excluding hydrogens is 324 g/mol. The summed E-state index contributed by atoms with van der Waals surface area (Å²) in [5.41, 5.74) is 1.28. The summed E-state index contributed by atoms with van der Waals surface area (Å²) in [7, 11) is 0. The Bertz CT molecular complexity index is 779. The third kappa shape index (κ3) is 4.63. The molecule has 0 aromatic heterocycles. The van der Waals surface area contributed by atoms with Crippen LogP contribution in [0, 0.1) is 0 Å². The van der Waals surface area contributed by atoms with Crippen molar-refractivity contribution >= 4 is 22.6 Å². The smallest absolute Gasteiger partial charge is 0.220 e. The average molecular weight is 352 g/mol. The van der Waals surface area contributed by atoms with E-state index >= 15 is 0 Å². The summed E-state index contributed by atoms with van der Waals surface area (Å²) >= 11 is 0. The molecule has 0 spiro atoms. The van der Waals surface area contributed by atoms with Crippen molar-refractivity contribution < 1.29 is 9.59 Å². The van der Waals surface area contributed by atoms with Gasteiger partial charge in [-0.3, -0.25) is 9.59 Å². The second-order valence-corrected chi connectivity index (χ2v) is 7.39. The summed E-state index contributed by atoms with van der Waals surface area (Å²) in [5, 5.41) is 5.63. The van der Waals surface area contributed by atoms with E-state index in [1.165, 1.54) is 16.3 Å². The van der Waals surface area contributed by atoms with Gasteiger partial charge in [0.2, 0.25) is 11.8 Å². The van der Waals surface area contributed by atoms with Crippen LogP contribution in [-0.4, -0.2) is 35.8 Å². The number of rotatable bonds is 5. The minimum atomic E-state index is 0.124. The first kappa shape index (κ1) is 18.4. The Labute approximate surface area is 155 Å². The Morgan fingerprint density at radius 3 is 2.50 bits per heavy atom. The van der Waals surface area contributed by atoms with Gasteiger partial charge in [0, 0.05) is 32.5 Å². The summed E-state index contributed by atoms with van der Waals surface area (Å²) < 4.78 is 0. The first-order valence-electron chi connectivity index (χ1n) is 9.56. The predicted octanol–water partition coefficient (Wildman–Crippen LogP) is 3.85. The van der Waals surface area contributed by atoms with Crippen molar-refractivity contribution in [1.29, 1.82) is 0 Å². The van der Waals surface area contributed by atoms with Crippen LogP contribution in [0.1, 0.15) is 51.0 Å². The van der Waals surface area contributed by atoms with Gasteiger partial charge in [0.1, 0.15) is 0 Å². The summed E-state index contributed by atoms with van der Waals surface area (Å²) in [6, 6.07) is 15.1. The van der Waals surface area contributed by atoms with Gasteiger partial charge < -0.3 is 10.2 Å². The van der Waals surface area contributed by atoms with Crippen LogP contribution in [0.15, 0.2) is 42.5 Å². The molecule has 2 aromatic carbocycles. The van der Waals surface area contributed by atoms with Gasteiger partial charge in [0.05, 0.1) is 0 Å². The van der Waals surface area contributed by atoms with Crippen LogP contribution < -0.4 is 5.32 Å². The highest BCUT2D eigenvalue weighted by Crippen LogP contribution is 2.25. The third-order valence-corrected chi connectivity index (χ3v) is 5.45. The van der Waals surface area contributed by atoms with Crippen LogP contribution >= 0.6 is 0 Å². The number of carbonyl (C=O) groups is 2. The Balaban J connectivity index is 1.47. The van der Waals surface area contributed by atoms with Crippen molar-refractivity contribution in [2.24, 2.45) is 0 Å². The second kappa shape index (κ2) is 8.35. The molecule has 138 valence electrons. The normalized spacial score (nSPS) is 16.5. The highest BCUT2D eigenvalue weighted by Gasteiger charge is 2.22. The number of benzene rings is 2. The fourth-order valence-corrected chi connectivity index (χ4v) is 3.67. The van der Waals surface area contributed by atoms with Crippen molar-refractivity contribution in [3.63, 3.8) is 0 Å². The number of nitrogens with one attached hydrogen (secondary N) is 1. The molecule has 1 fully saturated rings. The standard InChI is InChI=1S/C22H28N2O2/c1-16(19-9-8-18-5-3-4-6-20(18)15-19)7-10-22(26)23-21-11-13-24(14-12-21)17(2)25/h3-6,8-9,15-16,21H,7,10-14H2,1-2H3,(H,23,26)/t16-/m0/s1. The van der Waals surface area contributed by atoms with Crippen molar-refractivity contribution in [1.82, 2.24) is 10.2 Å². The maximum Gasteiger partial charge on any atom is 0.220 e. The van der Waals surface area contributed by atoms with Gasteiger partial charge in [0.15, 0.2) is 0 Å². The van der Waals surface area contributed by atoms with E-state index in [1.807, 2.05) is 4.90 Å². The molecule has 0 radical (unpaired) electrons. The average Bonchev–Trinajstić information content (AvgIpc) is 2.66. The molecule has 2 amide bonds. The van der Waals surface area contributed by atoms with E-state index in [0.717, 1.165) is 32.4 Å². The Morgan fingerprint density at radius 2 is 1.81 bits per heavy atom. The largest absolute Gasteiger partial charge is 0.353 e. The number of carbonyl (C=O) groups excluding carboxylic acids is 2. The first-order valence-corrected chi connectivity index (χ1v) is 9.56. The molecule has 4 heteroatoms. The number of hydrogen-bond acceptors (Lipinski definition) is 2. The summed E-state index contributed by atoms with van der Waals surface area (Å²) in [6.07, 6.45) is 3.09. The number of fused-ring (bicyclic) bond motifs is 1. The van der Waals surface area contributed by atoms with Gasteiger partial charge in [0.25, 0.3) is 0 Å². The fourth-order valence-electron chi connectivity index (χ4n) is 3.67. The number of piperidine rings is 1. The molecule has 26 heavy (non-hydrogen) atoms. The highest BCUT2D eigenvalue weighted by molar-refractivity contribution is 5.83. The minimum absolute atomic E-state index is 0.124. The van der Waals surface area contributed by atoms with Gasteiger partial charge in [-0.25, -0.2) is 0 Å². The molecule has 3 rings (SSSR count). The molecule has 1 heterocycles. The molecule has 1 saturated heterocycles. The first-order chi connectivity index (χ1) is 12.5. The fraction of sp³-hybridized carbons (Fsp3) is 0.455. The molecule has 1 aliphatic heterocycles. The van der Waals surface area contributed by atoms with Gasteiger partial charge in [-0.2, -0.15) is 0 Å². The molecule has 2 aromatic rings. The Hall–Kier alpha value is -2.36. The molecule has 0 bridgehead atoms. The van der Waals surface area contributed by atoms with Crippen LogP contribution in [0.4, 0.5) is 0 Å². The zero-order valence-corrected chi connectivity index (χ0v) is 15.7. The molecular formula is C22H28N2O2. The number of hydrogen-bond donors (Lipinski definition) is 1. The second-order valence-electron chi connectivity index (χ2n) is 7.39. The Morgan fingerprint density at radius 1 is 1.12 bits per heavy atom. The van der Waals surface area contributed by atoms with Crippen molar-refractivity contribution in [2.45, 2.75) is 51.5 Å². The molecule has 1 aliphatic rings. The summed E-state index contributed by atoms with van der Waals surface area (Å²) in [5.74, 6) is 0.600. The Kier molecular flexibility index (Phi) is 5.92. The maximum absolute atomic E-state index is 12.3. The third-order valence-electron chi connectivity index (χ3n) is 5.45. The topological polar surface area (TPSA) is 49.4 Å². The van der Waals surface area contributed by atoms with Gasteiger partial charge in [-0.1, -0.05) is 49.4 Å². The van der Waals surface area contributed by atoms with Crippen molar-refractivity contribution in [3.05, 3.63) is 48.0 Å². The lowest BCUT2D eigenvalue weighted by molar-refractivity contribution is -0.130. The number of amides is 2. The van der Waals surface area contributed by atoms with Crippen LogP contribution in [0.25, 0.3) is 10.8 Å². The van der Waals surface area contributed by atoms with Gasteiger partial charge in [-0.05, 0) is 41.5 Å². The lowest BCUT2D eigenvalue weighted by Gasteiger charge is -2.31. The van der Waals surface area contributed by atoms with E-state index in [1.54, 1.807) is 6.92 Å². The number of nitrogens with zero attached hydrogens (tertiary/aromatic N) is 1. The molecule has 0 aliphatic carbocycles. The van der Waals surface area contributed by atoms with Gasteiger partial charge >= 0.3 is 0 Å². The highest BCUT2D eigenvalue weighted by atomic mass is 16.2. The monoisotopic (exact) mass is 352 g/mol. The summed E-state index contributed by atoms with van der Waals surface area (Å²) in [6.45, 7) is 5.28. The van der Waals surface area contributed by atoms with E-state index in [0.29, 0.717) is 12.3 Å². The minimum Gasteiger partial charge on any atom is -0.353 e. The van der Waals surface area contributed by atoms with E-state index in [-0.39, 0.29) is 17.9 Å². The van der Waals surface area contributed by atoms with E-state index in [2.05, 4.69) is 54.7 Å². The van der Waals surface area contributed by atoms with Crippen LogP contribution in [0.3, 0.4) is 0 Å². The molecule has 1 atom stereocenters. The lowest BCUT2D eigenvalue weighted by atomic mass is 9.94. The SMILES string of the molecule is CC(=O)N1CCC(NC(=O)CC[C@H](C)c2ccc3ccccc3c2)CC1. The van der Waals surface area contributed by atoms with E-state index in [9.17, 15) is 9.59 Å². The predicted molar refractivity (Wildman–Crippen MR) is 105 cm³/mol. The molecule has 0 unspecified atom stereocenters. The van der Waals surface area contributed by atoms with E-state index in [4.69, 9.17) is 0 Å². The van der Waals surface area contributed by atoms with Crippen molar-refractivity contribution in [2.75, 3.05) is 13.1 Å². The van der Waals surface area contributed by atoms with Crippen LogP contribution in [0.2, 0.25) is 0 Å². The van der Waals surface area contributed by atoms with Crippen LogP contribution in [-0.2, 0) is 9.59 Å². The zero-order valence-electron chi connectivity index (χ0n) is 15.7. The molecule has 0 saturated carbocycles. The lowest BCUT2D eigenvalue weighted by Crippen LogP contribution is -2.45. The molecule has 1 N–H and O–H groups in total. The zero-order chi connectivity index (χ0) is 18.5. The molecule has 4 nitrogen and oxygen atoms in total. The maximum atomic E-state index is 12.3. The quantitative estimate of drug-likeness (QED) is 0.888. The number of likely N-dealkylation sites (tertiary alicyclic amines) is 1. The van der Waals surface area contributed by atoms with Crippen molar-refractivity contribution in [3.8, 4) is 0 Å². The van der Waals surface area contributed by atoms with E-state index < -0.39 is 0 Å². The van der Waals surface area contributed by atoms with Gasteiger partial charge in [-0.15, -0.1) is 0 Å². The van der Waals surface area contributed by atoms with Crippen LogP contribution in [0.5, 0.6) is 0 Å². The summed E-state index contributed by atoms with van der Waals surface area (Å²) in [4.78, 5) is 25.5.